The van der Waals surface area contributed by atoms with E-state index in [-0.39, 0.29) is 22.5 Å². The van der Waals surface area contributed by atoms with E-state index in [0.717, 1.165) is 10.4 Å². The highest BCUT2D eigenvalue weighted by molar-refractivity contribution is 7.89. The van der Waals surface area contributed by atoms with E-state index in [2.05, 4.69) is 10.5 Å². The molecule has 1 aromatic carbocycles. The molecule has 154 valence electrons. The zero-order valence-corrected chi connectivity index (χ0v) is 18.1. The van der Waals surface area contributed by atoms with Gasteiger partial charge in [0.05, 0.1) is 15.8 Å². The maximum atomic E-state index is 12.6. The monoisotopic (exact) mass is 433 g/mol. The van der Waals surface area contributed by atoms with Gasteiger partial charge in [-0.15, -0.1) is 11.3 Å². The van der Waals surface area contributed by atoms with Crippen LogP contribution >= 0.6 is 11.3 Å². The lowest BCUT2D eigenvalue weighted by Gasteiger charge is -2.19. The van der Waals surface area contributed by atoms with Crippen molar-refractivity contribution in [2.24, 2.45) is 0 Å². The van der Waals surface area contributed by atoms with Crippen LogP contribution in [-0.4, -0.2) is 36.9 Å². The number of thiophene rings is 1. The highest BCUT2D eigenvalue weighted by atomic mass is 32.2. The maximum Gasteiger partial charge on any atom is 0.273 e. The van der Waals surface area contributed by atoms with Gasteiger partial charge in [0.15, 0.2) is 11.5 Å². The van der Waals surface area contributed by atoms with Crippen molar-refractivity contribution in [3.05, 3.63) is 59.1 Å². The van der Waals surface area contributed by atoms with Gasteiger partial charge in [0.2, 0.25) is 10.0 Å². The van der Waals surface area contributed by atoms with Gasteiger partial charge in [-0.3, -0.25) is 4.79 Å². The second-order valence-electron chi connectivity index (χ2n) is 6.41. The Balaban J connectivity index is 1.69. The lowest BCUT2D eigenvalue weighted by atomic mass is 10.1. The van der Waals surface area contributed by atoms with Crippen molar-refractivity contribution in [1.29, 1.82) is 0 Å². The summed E-state index contributed by atoms with van der Waals surface area (Å²) in [6, 6.07) is 11.6. The number of nitrogens with one attached hydrogen (secondary N) is 1. The van der Waals surface area contributed by atoms with Gasteiger partial charge in [-0.2, -0.15) is 4.31 Å². The Hall–Kier alpha value is -2.49. The Morgan fingerprint density at radius 3 is 2.48 bits per heavy atom. The third-order valence-electron chi connectivity index (χ3n) is 4.58. The number of amides is 1. The minimum Gasteiger partial charge on any atom is -0.355 e. The minimum atomic E-state index is -3.50. The summed E-state index contributed by atoms with van der Waals surface area (Å²) in [4.78, 5) is 13.6. The van der Waals surface area contributed by atoms with E-state index in [1.807, 2.05) is 24.4 Å². The van der Waals surface area contributed by atoms with E-state index in [1.54, 1.807) is 44.2 Å². The molecule has 1 N–H and O–H groups in total. The number of aromatic nitrogens is 1. The summed E-state index contributed by atoms with van der Waals surface area (Å²) in [5, 5.41) is 8.62. The SMILES string of the molecule is CCN(CC)S(=O)(=O)c1ccc([C@@H](C)NC(=O)c2cc(-c3cccs3)on2)cc1. The van der Waals surface area contributed by atoms with Crippen LogP contribution in [0, 0.1) is 0 Å². The Bertz CT molecular complexity index is 1050. The largest absolute Gasteiger partial charge is 0.355 e. The smallest absolute Gasteiger partial charge is 0.273 e. The molecular weight excluding hydrogens is 410 g/mol. The van der Waals surface area contributed by atoms with E-state index in [0.29, 0.717) is 18.8 Å². The van der Waals surface area contributed by atoms with Crippen molar-refractivity contribution in [2.75, 3.05) is 13.1 Å². The molecule has 1 amide bonds. The van der Waals surface area contributed by atoms with Crippen LogP contribution in [0.4, 0.5) is 0 Å². The van der Waals surface area contributed by atoms with Gasteiger partial charge in [-0.1, -0.05) is 37.2 Å². The molecule has 3 aromatic rings. The van der Waals surface area contributed by atoms with Gasteiger partial charge in [0.1, 0.15) is 0 Å². The third-order valence-corrected chi connectivity index (χ3v) is 7.53. The van der Waals surface area contributed by atoms with Crippen LogP contribution < -0.4 is 5.32 Å². The van der Waals surface area contributed by atoms with Gasteiger partial charge >= 0.3 is 0 Å². The average Bonchev–Trinajstić information content (AvgIpc) is 3.40. The number of rotatable bonds is 8. The van der Waals surface area contributed by atoms with Crippen molar-refractivity contribution >= 4 is 27.3 Å². The molecule has 1 atom stereocenters. The maximum absolute atomic E-state index is 12.6. The fourth-order valence-corrected chi connectivity index (χ4v) is 5.04. The average molecular weight is 434 g/mol. The van der Waals surface area contributed by atoms with Crippen LogP contribution in [0.3, 0.4) is 0 Å². The topological polar surface area (TPSA) is 92.5 Å². The van der Waals surface area contributed by atoms with Crippen molar-refractivity contribution in [3.63, 3.8) is 0 Å². The van der Waals surface area contributed by atoms with Gasteiger partial charge in [0, 0.05) is 19.2 Å². The summed E-state index contributed by atoms with van der Waals surface area (Å²) in [5.74, 6) is 0.188. The first-order valence-corrected chi connectivity index (χ1v) is 11.6. The Morgan fingerprint density at radius 2 is 1.90 bits per heavy atom. The van der Waals surface area contributed by atoms with Crippen molar-refractivity contribution in [2.45, 2.75) is 31.7 Å². The van der Waals surface area contributed by atoms with Gasteiger partial charge in [0.25, 0.3) is 5.91 Å². The van der Waals surface area contributed by atoms with Crippen LogP contribution in [0.25, 0.3) is 10.6 Å². The molecule has 0 saturated carbocycles. The van der Waals surface area contributed by atoms with E-state index >= 15 is 0 Å². The molecule has 0 aliphatic rings. The van der Waals surface area contributed by atoms with Crippen LogP contribution in [0.2, 0.25) is 0 Å². The van der Waals surface area contributed by atoms with Crippen LogP contribution in [0.1, 0.15) is 42.9 Å². The molecular formula is C20H23N3O4S2. The molecule has 0 unspecified atom stereocenters. The number of nitrogens with zero attached hydrogens (tertiary/aromatic N) is 2. The summed E-state index contributed by atoms with van der Waals surface area (Å²) in [6.45, 7) is 6.27. The third kappa shape index (κ3) is 4.58. The molecule has 2 aromatic heterocycles. The Labute approximate surface area is 174 Å². The zero-order valence-electron chi connectivity index (χ0n) is 16.5. The predicted molar refractivity (Wildman–Crippen MR) is 112 cm³/mol. The summed E-state index contributed by atoms with van der Waals surface area (Å²) < 4.78 is 31.8. The van der Waals surface area contributed by atoms with Crippen LogP contribution in [0.5, 0.6) is 0 Å². The number of carbonyl (C=O) groups is 1. The summed E-state index contributed by atoms with van der Waals surface area (Å²) in [6.07, 6.45) is 0. The number of sulfonamides is 1. The van der Waals surface area contributed by atoms with E-state index in [9.17, 15) is 13.2 Å². The molecule has 0 spiro atoms. The van der Waals surface area contributed by atoms with Crippen LogP contribution in [-0.2, 0) is 10.0 Å². The molecule has 0 fully saturated rings. The standard InChI is InChI=1S/C20H23N3O4S2/c1-4-23(5-2)29(25,26)16-10-8-15(9-11-16)14(3)21-20(24)17-13-18(27-22-17)19-7-6-12-28-19/h6-14H,4-5H2,1-3H3,(H,21,24)/t14-/m1/s1. The lowest BCUT2D eigenvalue weighted by Crippen LogP contribution is -2.30. The zero-order chi connectivity index (χ0) is 21.0. The van der Waals surface area contributed by atoms with E-state index in [1.165, 1.54) is 15.6 Å². The number of hydrogen-bond acceptors (Lipinski definition) is 6. The minimum absolute atomic E-state index is 0.195. The summed E-state index contributed by atoms with van der Waals surface area (Å²) >= 11 is 1.50. The second-order valence-corrected chi connectivity index (χ2v) is 9.29. The van der Waals surface area contributed by atoms with E-state index in [4.69, 9.17) is 4.52 Å². The number of hydrogen-bond donors (Lipinski definition) is 1. The van der Waals surface area contributed by atoms with Crippen LogP contribution in [0.15, 0.2) is 57.3 Å². The van der Waals surface area contributed by atoms with Gasteiger partial charge in [-0.05, 0) is 36.1 Å². The molecule has 3 rings (SSSR count). The summed E-state index contributed by atoms with van der Waals surface area (Å²) in [5.41, 5.74) is 0.986. The first-order chi connectivity index (χ1) is 13.9. The van der Waals surface area contributed by atoms with Gasteiger partial charge in [-0.25, -0.2) is 8.42 Å². The first kappa shape index (κ1) is 21.2. The Morgan fingerprint density at radius 1 is 1.21 bits per heavy atom. The van der Waals surface area contributed by atoms with Crippen molar-refractivity contribution in [1.82, 2.24) is 14.8 Å². The quantitative estimate of drug-likeness (QED) is 0.581. The number of benzene rings is 1. The molecule has 0 aliphatic carbocycles. The van der Waals surface area contributed by atoms with Gasteiger partial charge < -0.3 is 9.84 Å². The first-order valence-electron chi connectivity index (χ1n) is 9.28. The number of carbonyl (C=O) groups excluding carboxylic acids is 1. The highest BCUT2D eigenvalue weighted by Crippen LogP contribution is 2.25. The lowest BCUT2D eigenvalue weighted by molar-refractivity contribution is 0.0931. The molecule has 9 heteroatoms. The fraction of sp³-hybridized carbons (Fsp3) is 0.300. The molecule has 7 nitrogen and oxygen atoms in total. The second kappa shape index (κ2) is 8.89. The molecule has 0 bridgehead atoms. The molecule has 0 aliphatic heterocycles. The van der Waals surface area contributed by atoms with E-state index < -0.39 is 10.0 Å². The normalized spacial score (nSPS) is 12.8. The van der Waals surface area contributed by atoms with Crippen molar-refractivity contribution < 1.29 is 17.7 Å². The highest BCUT2D eigenvalue weighted by Gasteiger charge is 2.22. The molecule has 0 saturated heterocycles. The van der Waals surface area contributed by atoms with Crippen molar-refractivity contribution in [3.8, 4) is 10.6 Å². The molecule has 2 heterocycles. The molecule has 0 radical (unpaired) electrons. The fourth-order valence-electron chi connectivity index (χ4n) is 2.91. The molecule has 29 heavy (non-hydrogen) atoms. The summed E-state index contributed by atoms with van der Waals surface area (Å²) in [7, 11) is -3.50. The Kier molecular flexibility index (Phi) is 6.51. The predicted octanol–water partition coefficient (Wildman–Crippen LogP) is 3.92.